The van der Waals surface area contributed by atoms with Crippen LogP contribution < -0.4 is 14.9 Å². The summed E-state index contributed by atoms with van der Waals surface area (Å²) in [4.78, 5) is 12.1. The SMILES string of the molecule is O=C(COc1ccc(C2SCCS2)cc1)N/N=C\c1cc(Cl)c(OCc2ccccc2Cl)c(Br)c1. The van der Waals surface area contributed by atoms with Gasteiger partial charge in [0.2, 0.25) is 0 Å². The highest BCUT2D eigenvalue weighted by Crippen LogP contribution is 2.45. The number of ether oxygens (including phenoxy) is 2. The first kappa shape index (κ1) is 26.2. The first-order chi connectivity index (χ1) is 17.0. The first-order valence-electron chi connectivity index (χ1n) is 10.6. The molecule has 0 spiro atoms. The third kappa shape index (κ3) is 7.57. The molecule has 0 atom stereocenters. The zero-order valence-electron chi connectivity index (χ0n) is 18.4. The maximum atomic E-state index is 12.1. The molecule has 1 amide bonds. The molecule has 3 aromatic carbocycles. The second kappa shape index (κ2) is 12.9. The Labute approximate surface area is 231 Å². The predicted octanol–water partition coefficient (Wildman–Crippen LogP) is 7.34. The van der Waals surface area contributed by atoms with E-state index in [-0.39, 0.29) is 19.1 Å². The van der Waals surface area contributed by atoms with Crippen LogP contribution in [-0.2, 0) is 11.4 Å². The van der Waals surface area contributed by atoms with Gasteiger partial charge in [-0.1, -0.05) is 53.5 Å². The molecule has 0 aliphatic carbocycles. The van der Waals surface area contributed by atoms with Crippen molar-refractivity contribution >= 4 is 74.8 Å². The molecule has 10 heteroatoms. The van der Waals surface area contributed by atoms with Crippen LogP contribution in [0.3, 0.4) is 0 Å². The van der Waals surface area contributed by atoms with E-state index in [0.717, 1.165) is 5.56 Å². The lowest BCUT2D eigenvalue weighted by Crippen LogP contribution is -2.24. The van der Waals surface area contributed by atoms with Crippen LogP contribution in [0.1, 0.15) is 21.3 Å². The normalized spacial score (nSPS) is 13.8. The average Bonchev–Trinajstić information content (AvgIpc) is 3.39. The van der Waals surface area contributed by atoms with E-state index in [0.29, 0.717) is 36.2 Å². The van der Waals surface area contributed by atoms with Crippen LogP contribution in [0.2, 0.25) is 10.0 Å². The number of carbonyl (C=O) groups excluding carboxylic acids is 1. The number of amides is 1. The molecule has 0 saturated carbocycles. The van der Waals surface area contributed by atoms with E-state index in [1.54, 1.807) is 18.2 Å². The number of hydrazone groups is 1. The molecule has 3 aromatic rings. The van der Waals surface area contributed by atoms with Gasteiger partial charge in [0.15, 0.2) is 12.4 Å². The average molecular weight is 612 g/mol. The molecule has 4 rings (SSSR count). The van der Waals surface area contributed by atoms with E-state index in [9.17, 15) is 4.79 Å². The van der Waals surface area contributed by atoms with Gasteiger partial charge in [0, 0.05) is 22.1 Å². The Hall–Kier alpha value is -1.84. The van der Waals surface area contributed by atoms with Crippen LogP contribution in [-0.4, -0.2) is 30.2 Å². The van der Waals surface area contributed by atoms with Gasteiger partial charge in [-0.25, -0.2) is 5.43 Å². The Kier molecular flexibility index (Phi) is 9.68. The number of rotatable bonds is 9. The third-order valence-corrected chi connectivity index (χ3v) is 9.24. The molecule has 1 aliphatic rings. The lowest BCUT2D eigenvalue weighted by Gasteiger charge is -2.12. The van der Waals surface area contributed by atoms with Crippen molar-refractivity contribution in [2.24, 2.45) is 5.10 Å². The first-order valence-corrected chi connectivity index (χ1v) is 14.3. The number of carbonyl (C=O) groups is 1. The van der Waals surface area contributed by atoms with Crippen molar-refractivity contribution in [1.82, 2.24) is 5.43 Å². The Morgan fingerprint density at radius 3 is 2.51 bits per heavy atom. The van der Waals surface area contributed by atoms with Gasteiger partial charge in [0.05, 0.1) is 20.3 Å². The van der Waals surface area contributed by atoms with Crippen molar-refractivity contribution in [3.63, 3.8) is 0 Å². The smallest absolute Gasteiger partial charge is 0.277 e. The monoisotopic (exact) mass is 610 g/mol. The van der Waals surface area contributed by atoms with Crippen LogP contribution in [0.4, 0.5) is 0 Å². The summed E-state index contributed by atoms with van der Waals surface area (Å²) in [5, 5.41) is 5.02. The van der Waals surface area contributed by atoms with Crippen LogP contribution >= 0.6 is 62.7 Å². The molecule has 1 saturated heterocycles. The van der Waals surface area contributed by atoms with Crippen molar-refractivity contribution in [3.8, 4) is 11.5 Å². The van der Waals surface area contributed by atoms with E-state index >= 15 is 0 Å². The molecular formula is C25H21BrCl2N2O3S2. The molecule has 1 fully saturated rings. The summed E-state index contributed by atoms with van der Waals surface area (Å²) in [7, 11) is 0. The lowest BCUT2D eigenvalue weighted by atomic mass is 10.2. The highest BCUT2D eigenvalue weighted by molar-refractivity contribution is 9.10. The van der Waals surface area contributed by atoms with Gasteiger partial charge in [-0.2, -0.15) is 5.10 Å². The van der Waals surface area contributed by atoms with E-state index in [1.807, 2.05) is 66.0 Å². The number of benzene rings is 3. The molecular weight excluding hydrogens is 591 g/mol. The number of thioether (sulfide) groups is 2. The van der Waals surface area contributed by atoms with Gasteiger partial charge in [-0.3, -0.25) is 4.79 Å². The van der Waals surface area contributed by atoms with Crippen LogP contribution in [0.25, 0.3) is 0 Å². The number of nitrogens with one attached hydrogen (secondary N) is 1. The highest BCUT2D eigenvalue weighted by atomic mass is 79.9. The van der Waals surface area contributed by atoms with Gasteiger partial charge in [-0.15, -0.1) is 23.5 Å². The van der Waals surface area contributed by atoms with Gasteiger partial charge in [0.1, 0.15) is 12.4 Å². The molecule has 0 aromatic heterocycles. The van der Waals surface area contributed by atoms with Crippen molar-refractivity contribution in [2.75, 3.05) is 18.1 Å². The molecule has 35 heavy (non-hydrogen) atoms. The van der Waals surface area contributed by atoms with Gasteiger partial charge in [0.25, 0.3) is 5.91 Å². The van der Waals surface area contributed by atoms with Crippen molar-refractivity contribution in [1.29, 1.82) is 0 Å². The summed E-state index contributed by atoms with van der Waals surface area (Å²) in [6, 6.07) is 18.8. The van der Waals surface area contributed by atoms with Gasteiger partial charge in [-0.05, 0) is 57.4 Å². The fraction of sp³-hybridized carbons (Fsp3) is 0.200. The summed E-state index contributed by atoms with van der Waals surface area (Å²) < 4.78 is 12.5. The Bertz CT molecular complexity index is 1180. The second-order valence-electron chi connectivity index (χ2n) is 7.42. The molecule has 0 radical (unpaired) electrons. The maximum absolute atomic E-state index is 12.1. The van der Waals surface area contributed by atoms with E-state index < -0.39 is 0 Å². The van der Waals surface area contributed by atoms with E-state index in [2.05, 4.69) is 26.5 Å². The zero-order valence-corrected chi connectivity index (χ0v) is 23.1. The minimum Gasteiger partial charge on any atom is -0.486 e. The molecule has 182 valence electrons. The standard InChI is InChI=1S/C25H21BrCl2N2O3S2/c26-20-11-16(12-22(28)24(20)33-14-18-3-1-2-4-21(18)27)13-29-30-23(31)15-32-19-7-5-17(6-8-19)25-34-9-10-35-25/h1-8,11-13,25H,9-10,14-15H2,(H,30,31)/b29-13-. The molecule has 0 bridgehead atoms. The summed E-state index contributed by atoms with van der Waals surface area (Å²) >= 11 is 19.9. The number of nitrogens with zero attached hydrogens (tertiary/aromatic N) is 1. The Balaban J connectivity index is 1.26. The molecule has 1 N–H and O–H groups in total. The van der Waals surface area contributed by atoms with Crippen LogP contribution in [0.5, 0.6) is 11.5 Å². The molecule has 5 nitrogen and oxygen atoms in total. The number of hydrogen-bond acceptors (Lipinski definition) is 6. The van der Waals surface area contributed by atoms with E-state index in [1.165, 1.54) is 23.3 Å². The minimum atomic E-state index is -0.364. The zero-order chi connectivity index (χ0) is 24.6. The lowest BCUT2D eigenvalue weighted by molar-refractivity contribution is -0.123. The van der Waals surface area contributed by atoms with Crippen molar-refractivity contribution in [2.45, 2.75) is 11.2 Å². The Morgan fingerprint density at radius 2 is 1.80 bits per heavy atom. The summed E-state index contributed by atoms with van der Waals surface area (Å²) in [5.41, 5.74) is 5.27. The fourth-order valence-corrected chi connectivity index (χ4v) is 7.23. The minimum absolute atomic E-state index is 0.136. The maximum Gasteiger partial charge on any atom is 0.277 e. The third-order valence-electron chi connectivity index (χ3n) is 4.90. The molecule has 0 unspecified atom stereocenters. The summed E-state index contributed by atoms with van der Waals surface area (Å²) in [6.07, 6.45) is 1.50. The van der Waals surface area contributed by atoms with Crippen molar-refractivity contribution in [3.05, 3.63) is 91.9 Å². The van der Waals surface area contributed by atoms with Crippen LogP contribution in [0, 0.1) is 0 Å². The van der Waals surface area contributed by atoms with Gasteiger partial charge >= 0.3 is 0 Å². The highest BCUT2D eigenvalue weighted by Gasteiger charge is 2.18. The number of hydrogen-bond donors (Lipinski definition) is 1. The van der Waals surface area contributed by atoms with Crippen molar-refractivity contribution < 1.29 is 14.3 Å². The van der Waals surface area contributed by atoms with Crippen LogP contribution in [0.15, 0.2) is 70.2 Å². The summed E-state index contributed by atoms with van der Waals surface area (Å²) in [5.74, 6) is 3.14. The second-order valence-corrected chi connectivity index (χ2v) is 11.8. The fourth-order valence-electron chi connectivity index (χ4n) is 3.19. The Morgan fingerprint density at radius 1 is 1.06 bits per heavy atom. The number of halogens is 3. The molecule has 1 heterocycles. The topological polar surface area (TPSA) is 59.9 Å². The molecule has 1 aliphatic heterocycles. The largest absolute Gasteiger partial charge is 0.486 e. The quantitative estimate of drug-likeness (QED) is 0.203. The summed E-state index contributed by atoms with van der Waals surface area (Å²) in [6.45, 7) is 0.144. The van der Waals surface area contributed by atoms with E-state index in [4.69, 9.17) is 32.7 Å². The predicted molar refractivity (Wildman–Crippen MR) is 150 cm³/mol. The van der Waals surface area contributed by atoms with Gasteiger partial charge < -0.3 is 9.47 Å².